The van der Waals surface area contributed by atoms with Gasteiger partial charge in [-0.15, -0.1) is 0 Å². The molecule has 0 aromatic heterocycles. The molecule has 4 fully saturated rings. The summed E-state index contributed by atoms with van der Waals surface area (Å²) < 4.78 is 0. The molecule has 3 N–H and O–H groups in total. The van der Waals surface area contributed by atoms with E-state index in [4.69, 9.17) is 16.7 Å². The summed E-state index contributed by atoms with van der Waals surface area (Å²) >= 11 is 6.29. The Bertz CT molecular complexity index is 670. The van der Waals surface area contributed by atoms with Gasteiger partial charge in [0.15, 0.2) is 0 Å². The van der Waals surface area contributed by atoms with Crippen molar-refractivity contribution >= 4 is 17.5 Å². The second-order valence-corrected chi connectivity index (χ2v) is 9.70. The molecule has 1 aromatic rings. The lowest BCUT2D eigenvalue weighted by atomic mass is 9.49. The van der Waals surface area contributed by atoms with Crippen LogP contribution in [-0.2, 0) is 6.42 Å². The fourth-order valence-electron chi connectivity index (χ4n) is 6.20. The fraction of sp³-hybridized carbons (Fsp3) is 0.682. The van der Waals surface area contributed by atoms with E-state index in [1.165, 1.54) is 38.5 Å². The number of hydrogen-bond acceptors (Lipinski definition) is 3. The number of rotatable bonds is 7. The molecule has 1 aromatic carbocycles. The highest BCUT2D eigenvalue weighted by molar-refractivity contribution is 6.33. The van der Waals surface area contributed by atoms with Crippen molar-refractivity contribution in [3.8, 4) is 0 Å². The van der Waals surface area contributed by atoms with Crippen LogP contribution in [-0.4, -0.2) is 35.4 Å². The van der Waals surface area contributed by atoms with Crippen molar-refractivity contribution in [2.75, 3.05) is 13.2 Å². The van der Waals surface area contributed by atoms with Gasteiger partial charge in [0, 0.05) is 6.54 Å². The van der Waals surface area contributed by atoms with Crippen LogP contribution in [0, 0.1) is 23.2 Å². The molecule has 4 bridgehead atoms. The second-order valence-electron chi connectivity index (χ2n) is 9.29. The quantitative estimate of drug-likeness (QED) is 0.665. The summed E-state index contributed by atoms with van der Waals surface area (Å²) in [5.74, 6) is 2.52. The van der Waals surface area contributed by atoms with Crippen molar-refractivity contribution in [2.24, 2.45) is 23.2 Å². The van der Waals surface area contributed by atoms with Crippen molar-refractivity contribution in [1.82, 2.24) is 5.32 Å². The van der Waals surface area contributed by atoms with E-state index in [1.807, 2.05) is 12.1 Å². The van der Waals surface area contributed by atoms with Crippen molar-refractivity contribution in [3.05, 3.63) is 34.3 Å². The van der Waals surface area contributed by atoms with E-state index in [2.05, 4.69) is 5.32 Å². The number of carbonyl (C=O) groups excluding carboxylic acids is 1. The molecule has 5 heteroatoms. The highest BCUT2D eigenvalue weighted by Crippen LogP contribution is 2.59. The predicted molar refractivity (Wildman–Crippen MR) is 106 cm³/mol. The zero-order chi connectivity index (χ0) is 19.0. The topological polar surface area (TPSA) is 69.6 Å². The van der Waals surface area contributed by atoms with Crippen molar-refractivity contribution < 1.29 is 15.0 Å². The third kappa shape index (κ3) is 4.18. The first-order valence-corrected chi connectivity index (χ1v) is 10.7. The Balaban J connectivity index is 1.39. The molecule has 0 unspecified atom stereocenters. The van der Waals surface area contributed by atoms with Crippen LogP contribution in [0.3, 0.4) is 0 Å². The van der Waals surface area contributed by atoms with Gasteiger partial charge >= 0.3 is 0 Å². The number of halogens is 1. The molecule has 4 aliphatic carbocycles. The molecule has 4 aliphatic rings. The molecule has 148 valence electrons. The van der Waals surface area contributed by atoms with E-state index in [-0.39, 0.29) is 12.5 Å². The fourth-order valence-corrected chi connectivity index (χ4v) is 6.40. The van der Waals surface area contributed by atoms with Crippen LogP contribution >= 0.6 is 11.6 Å². The van der Waals surface area contributed by atoms with Crippen molar-refractivity contribution in [1.29, 1.82) is 0 Å². The maximum atomic E-state index is 12.8. The molecule has 0 radical (unpaired) electrons. The summed E-state index contributed by atoms with van der Waals surface area (Å²) in [5.41, 5.74) is 1.77. The van der Waals surface area contributed by atoms with E-state index < -0.39 is 6.10 Å². The number of benzene rings is 1. The molecule has 27 heavy (non-hydrogen) atoms. The van der Waals surface area contributed by atoms with Gasteiger partial charge in [-0.2, -0.15) is 0 Å². The number of amides is 1. The van der Waals surface area contributed by atoms with Crippen LogP contribution in [0.15, 0.2) is 18.2 Å². The Kier molecular flexibility index (Phi) is 5.50. The van der Waals surface area contributed by atoms with E-state index >= 15 is 0 Å². The Morgan fingerprint density at radius 1 is 1.19 bits per heavy atom. The van der Waals surface area contributed by atoms with E-state index in [1.54, 1.807) is 6.07 Å². The van der Waals surface area contributed by atoms with Gasteiger partial charge in [-0.25, -0.2) is 0 Å². The Labute approximate surface area is 166 Å². The van der Waals surface area contributed by atoms with Gasteiger partial charge in [0.25, 0.3) is 5.91 Å². The van der Waals surface area contributed by atoms with Crippen LogP contribution < -0.4 is 5.32 Å². The zero-order valence-electron chi connectivity index (χ0n) is 15.8. The highest BCUT2D eigenvalue weighted by atomic mass is 35.5. The maximum absolute atomic E-state index is 12.8. The SMILES string of the molecule is O=C(NCC12CC3CC(CC(C3)C1)C2)c1cc(CC[C@@H](O)CO)ccc1Cl. The third-order valence-electron chi connectivity index (χ3n) is 7.04. The van der Waals surface area contributed by atoms with Gasteiger partial charge in [-0.1, -0.05) is 17.7 Å². The Morgan fingerprint density at radius 2 is 1.81 bits per heavy atom. The minimum Gasteiger partial charge on any atom is -0.394 e. The van der Waals surface area contributed by atoms with E-state index in [9.17, 15) is 9.90 Å². The van der Waals surface area contributed by atoms with Gasteiger partial charge < -0.3 is 15.5 Å². The molecule has 0 saturated heterocycles. The largest absolute Gasteiger partial charge is 0.394 e. The van der Waals surface area contributed by atoms with Crippen LogP contribution in [0.2, 0.25) is 5.02 Å². The Morgan fingerprint density at radius 3 is 2.41 bits per heavy atom. The first kappa shape index (κ1) is 19.2. The standard InChI is InChI=1S/C22H30ClNO3/c23-20-4-2-14(1-3-18(26)12-25)8-19(20)21(27)24-13-22-9-15-5-16(10-22)7-17(6-15)11-22/h2,4,8,15-18,25-26H,1,3,5-7,9-13H2,(H,24,27)/t15?,16?,17?,18-,22?/m1/s1. The van der Waals surface area contributed by atoms with Crippen LogP contribution in [0.5, 0.6) is 0 Å². The molecule has 0 heterocycles. The van der Waals surface area contributed by atoms with Gasteiger partial charge in [0.2, 0.25) is 0 Å². The van der Waals surface area contributed by atoms with Gasteiger partial charge in [0.1, 0.15) is 0 Å². The number of hydrogen-bond donors (Lipinski definition) is 3. The van der Waals surface area contributed by atoms with Gasteiger partial charge in [0.05, 0.1) is 23.3 Å². The maximum Gasteiger partial charge on any atom is 0.252 e. The number of aliphatic hydroxyl groups excluding tert-OH is 2. The summed E-state index contributed by atoms with van der Waals surface area (Å²) in [7, 11) is 0. The van der Waals surface area contributed by atoms with Crippen molar-refractivity contribution in [2.45, 2.75) is 57.5 Å². The summed E-state index contributed by atoms with van der Waals surface area (Å²) in [4.78, 5) is 12.8. The van der Waals surface area contributed by atoms with Crippen molar-refractivity contribution in [3.63, 3.8) is 0 Å². The monoisotopic (exact) mass is 391 g/mol. The van der Waals surface area contributed by atoms with Crippen LogP contribution in [0.25, 0.3) is 0 Å². The molecule has 0 aliphatic heterocycles. The Hall–Kier alpha value is -1.10. The van der Waals surface area contributed by atoms with E-state index in [0.717, 1.165) is 29.9 Å². The smallest absolute Gasteiger partial charge is 0.252 e. The average Bonchev–Trinajstić information content (AvgIpc) is 2.64. The first-order chi connectivity index (χ1) is 13.0. The molecular weight excluding hydrogens is 362 g/mol. The summed E-state index contributed by atoms with van der Waals surface area (Å²) in [6, 6.07) is 5.45. The molecular formula is C22H30ClNO3. The molecule has 0 spiro atoms. The van der Waals surface area contributed by atoms with Crippen LogP contribution in [0.1, 0.15) is 60.9 Å². The second kappa shape index (κ2) is 7.73. The lowest BCUT2D eigenvalue weighted by Gasteiger charge is -2.56. The molecule has 1 atom stereocenters. The summed E-state index contributed by atoms with van der Waals surface area (Å²) in [6.45, 7) is 0.519. The number of aryl methyl sites for hydroxylation is 1. The lowest BCUT2D eigenvalue weighted by molar-refractivity contribution is -0.0503. The van der Waals surface area contributed by atoms with Crippen LogP contribution in [0.4, 0.5) is 0 Å². The first-order valence-electron chi connectivity index (χ1n) is 10.3. The summed E-state index contributed by atoms with van der Waals surface area (Å²) in [6.07, 6.45) is 8.36. The number of nitrogens with one attached hydrogen (secondary N) is 1. The van der Waals surface area contributed by atoms with Gasteiger partial charge in [-0.3, -0.25) is 4.79 Å². The average molecular weight is 392 g/mol. The minimum absolute atomic E-state index is 0.0969. The number of carbonyl (C=O) groups is 1. The lowest BCUT2D eigenvalue weighted by Crippen LogP contribution is -2.51. The zero-order valence-corrected chi connectivity index (χ0v) is 16.5. The minimum atomic E-state index is -0.728. The normalized spacial score (nSPS) is 32.5. The van der Waals surface area contributed by atoms with E-state index in [0.29, 0.717) is 28.8 Å². The number of aliphatic hydroxyl groups is 2. The summed E-state index contributed by atoms with van der Waals surface area (Å²) in [5, 5.41) is 22.1. The van der Waals surface area contributed by atoms with Gasteiger partial charge in [-0.05, 0) is 92.2 Å². The molecule has 5 rings (SSSR count). The highest BCUT2D eigenvalue weighted by Gasteiger charge is 2.50. The molecule has 1 amide bonds. The molecule has 4 saturated carbocycles. The third-order valence-corrected chi connectivity index (χ3v) is 7.37. The molecule has 4 nitrogen and oxygen atoms in total. The predicted octanol–water partition coefficient (Wildman–Crippen LogP) is 3.57.